The summed E-state index contributed by atoms with van der Waals surface area (Å²) < 4.78 is 1.81. The fraction of sp³-hybridized carbons (Fsp3) is 0. The van der Waals surface area contributed by atoms with E-state index in [1.807, 2.05) is 16.7 Å². The third-order valence-corrected chi connectivity index (χ3v) is 3.97. The second kappa shape index (κ2) is 7.37. The molecule has 1 heterocycles. The Morgan fingerprint density at radius 1 is 1.07 bits per heavy atom. The number of hydrogen-bond donors (Lipinski definition) is 1. The van der Waals surface area contributed by atoms with Crippen LogP contribution in [0.15, 0.2) is 66.9 Å². The molecule has 2 aromatic carbocycles. The lowest BCUT2D eigenvalue weighted by atomic mass is 10.1. The van der Waals surface area contributed by atoms with Crippen molar-refractivity contribution in [3.05, 3.63) is 93.8 Å². The van der Waals surface area contributed by atoms with Gasteiger partial charge in [0.05, 0.1) is 22.1 Å². The minimum Gasteiger partial charge on any atom is -0.478 e. The van der Waals surface area contributed by atoms with Crippen molar-refractivity contribution < 1.29 is 14.8 Å². The van der Waals surface area contributed by atoms with Crippen LogP contribution in [-0.2, 0) is 0 Å². The number of aromatic nitrogens is 1. The zero-order valence-corrected chi connectivity index (χ0v) is 13.9. The number of allylic oxidation sites excluding steroid dienone is 1. The van der Waals surface area contributed by atoms with Gasteiger partial charge < -0.3 is 9.67 Å². The summed E-state index contributed by atoms with van der Waals surface area (Å²) in [4.78, 5) is 21.2. The van der Waals surface area contributed by atoms with Crippen LogP contribution in [0.4, 0.5) is 5.69 Å². The van der Waals surface area contributed by atoms with Crippen molar-refractivity contribution >= 4 is 23.3 Å². The van der Waals surface area contributed by atoms with Gasteiger partial charge in [-0.25, -0.2) is 4.79 Å². The molecule has 0 amide bonds. The van der Waals surface area contributed by atoms with Crippen molar-refractivity contribution in [3.8, 4) is 11.8 Å². The molecule has 0 fully saturated rings. The van der Waals surface area contributed by atoms with E-state index in [9.17, 15) is 20.2 Å². The summed E-state index contributed by atoms with van der Waals surface area (Å²) in [5.41, 5.74) is 2.53. The number of rotatable bonds is 5. The van der Waals surface area contributed by atoms with Crippen molar-refractivity contribution in [2.45, 2.75) is 0 Å². The topological polar surface area (TPSA) is 109 Å². The Labute approximate surface area is 154 Å². The van der Waals surface area contributed by atoms with Crippen LogP contribution in [-0.4, -0.2) is 20.6 Å². The maximum atomic E-state index is 11.0. The Kier molecular flexibility index (Phi) is 4.82. The highest BCUT2D eigenvalue weighted by molar-refractivity contribution is 5.90. The molecule has 0 saturated heterocycles. The van der Waals surface area contributed by atoms with Crippen LogP contribution in [0.3, 0.4) is 0 Å². The normalized spacial score (nSPS) is 11.0. The van der Waals surface area contributed by atoms with Crippen LogP contribution in [0.2, 0.25) is 0 Å². The zero-order valence-electron chi connectivity index (χ0n) is 13.9. The van der Waals surface area contributed by atoms with E-state index in [0.29, 0.717) is 16.8 Å². The molecule has 7 nitrogen and oxygen atoms in total. The summed E-state index contributed by atoms with van der Waals surface area (Å²) in [6.07, 6.45) is 3.47. The molecule has 0 atom stereocenters. The molecule has 1 N–H and O–H groups in total. The molecule has 0 aliphatic heterocycles. The maximum absolute atomic E-state index is 11.0. The Bertz CT molecular complexity index is 1070. The predicted octanol–water partition coefficient (Wildman–Crippen LogP) is 4.15. The maximum Gasteiger partial charge on any atom is 0.335 e. The van der Waals surface area contributed by atoms with E-state index in [4.69, 9.17) is 5.11 Å². The number of aromatic carboxylic acids is 1. The molecule has 0 radical (unpaired) electrons. The first-order valence-electron chi connectivity index (χ1n) is 7.87. The number of benzene rings is 2. The molecule has 132 valence electrons. The third kappa shape index (κ3) is 3.75. The van der Waals surface area contributed by atoms with Crippen molar-refractivity contribution in [1.82, 2.24) is 4.57 Å². The summed E-state index contributed by atoms with van der Waals surface area (Å²) in [5, 5.41) is 29.2. The quantitative estimate of drug-likeness (QED) is 0.418. The van der Waals surface area contributed by atoms with Crippen molar-refractivity contribution in [2.75, 3.05) is 0 Å². The van der Waals surface area contributed by atoms with Crippen molar-refractivity contribution in [3.63, 3.8) is 0 Å². The number of carbonyl (C=O) groups is 1. The van der Waals surface area contributed by atoms with E-state index in [0.717, 1.165) is 5.69 Å². The third-order valence-electron chi connectivity index (χ3n) is 3.97. The molecule has 7 heteroatoms. The molecule has 0 bridgehead atoms. The molecule has 3 rings (SSSR count). The minimum absolute atomic E-state index is 0.0436. The predicted molar refractivity (Wildman–Crippen MR) is 99.3 cm³/mol. The van der Waals surface area contributed by atoms with Gasteiger partial charge in [-0.2, -0.15) is 5.26 Å². The molecule has 0 spiro atoms. The zero-order chi connectivity index (χ0) is 19.4. The number of nitrogens with zero attached hydrogens (tertiary/aromatic N) is 3. The number of non-ortho nitro benzene ring substituents is 1. The van der Waals surface area contributed by atoms with Gasteiger partial charge in [0, 0.05) is 29.7 Å². The second-order valence-electron chi connectivity index (χ2n) is 5.63. The standard InChI is InChI=1S/C20H13N3O4/c21-13-16(14-3-9-18(10-4-14)23(26)27)12-19-2-1-11-22(19)17-7-5-15(6-8-17)20(24)25/h1-12H,(H,24,25)/b16-12-. The first-order valence-corrected chi connectivity index (χ1v) is 7.87. The molecular weight excluding hydrogens is 346 g/mol. The fourth-order valence-electron chi connectivity index (χ4n) is 2.60. The van der Waals surface area contributed by atoms with Crippen LogP contribution in [0.25, 0.3) is 17.3 Å². The molecule has 0 aliphatic carbocycles. The van der Waals surface area contributed by atoms with Gasteiger partial charge in [0.1, 0.15) is 0 Å². The van der Waals surface area contributed by atoms with E-state index in [2.05, 4.69) is 6.07 Å². The highest BCUT2D eigenvalue weighted by atomic mass is 16.6. The first kappa shape index (κ1) is 17.6. The molecule has 3 aromatic rings. The van der Waals surface area contributed by atoms with Gasteiger partial charge in [-0.3, -0.25) is 10.1 Å². The van der Waals surface area contributed by atoms with E-state index in [-0.39, 0.29) is 11.3 Å². The summed E-state index contributed by atoms with van der Waals surface area (Å²) >= 11 is 0. The average Bonchev–Trinajstić information content (AvgIpc) is 3.14. The van der Waals surface area contributed by atoms with Gasteiger partial charge in [0.15, 0.2) is 0 Å². The van der Waals surface area contributed by atoms with Crippen LogP contribution in [0.1, 0.15) is 21.6 Å². The van der Waals surface area contributed by atoms with E-state index < -0.39 is 10.9 Å². The Hall–Kier alpha value is -4.18. The number of nitro groups is 1. The van der Waals surface area contributed by atoms with Crippen molar-refractivity contribution in [1.29, 1.82) is 5.26 Å². The Morgan fingerprint density at radius 2 is 1.70 bits per heavy atom. The lowest BCUT2D eigenvalue weighted by Crippen LogP contribution is -1.99. The SMILES string of the molecule is N#C/C(=C/c1cccn1-c1ccc(C(=O)O)cc1)c1ccc([N+](=O)[O-])cc1. The number of nitriles is 1. The monoisotopic (exact) mass is 359 g/mol. The van der Waals surface area contributed by atoms with Gasteiger partial charge in [-0.15, -0.1) is 0 Å². The Morgan fingerprint density at radius 3 is 2.26 bits per heavy atom. The molecule has 27 heavy (non-hydrogen) atoms. The van der Waals surface area contributed by atoms with Crippen LogP contribution < -0.4 is 0 Å². The smallest absolute Gasteiger partial charge is 0.335 e. The van der Waals surface area contributed by atoms with Gasteiger partial charge >= 0.3 is 5.97 Å². The summed E-state index contributed by atoms with van der Waals surface area (Å²) in [6, 6.07) is 17.9. The molecular formula is C20H13N3O4. The highest BCUT2D eigenvalue weighted by Crippen LogP contribution is 2.23. The van der Waals surface area contributed by atoms with Gasteiger partial charge in [0.2, 0.25) is 0 Å². The summed E-state index contributed by atoms with van der Waals surface area (Å²) in [6.45, 7) is 0. The van der Waals surface area contributed by atoms with Crippen LogP contribution in [0.5, 0.6) is 0 Å². The second-order valence-corrected chi connectivity index (χ2v) is 5.63. The van der Waals surface area contributed by atoms with Gasteiger partial charge in [-0.05, 0) is 60.2 Å². The number of hydrogen-bond acceptors (Lipinski definition) is 4. The molecule has 0 saturated carbocycles. The molecule has 1 aromatic heterocycles. The van der Waals surface area contributed by atoms with E-state index >= 15 is 0 Å². The lowest BCUT2D eigenvalue weighted by molar-refractivity contribution is -0.384. The van der Waals surface area contributed by atoms with E-state index in [1.165, 1.54) is 36.4 Å². The Balaban J connectivity index is 1.97. The molecule has 0 unspecified atom stereocenters. The molecule has 0 aliphatic rings. The van der Waals surface area contributed by atoms with Gasteiger partial charge in [0.25, 0.3) is 5.69 Å². The lowest BCUT2D eigenvalue weighted by Gasteiger charge is -2.08. The average molecular weight is 359 g/mol. The number of carboxylic acid groups (broad SMARTS) is 1. The fourth-order valence-corrected chi connectivity index (χ4v) is 2.60. The summed E-state index contributed by atoms with van der Waals surface area (Å²) in [7, 11) is 0. The summed E-state index contributed by atoms with van der Waals surface area (Å²) in [5.74, 6) is -1.00. The largest absolute Gasteiger partial charge is 0.478 e. The van der Waals surface area contributed by atoms with Gasteiger partial charge in [-0.1, -0.05) is 0 Å². The highest BCUT2D eigenvalue weighted by Gasteiger charge is 2.09. The number of nitro benzene ring substituents is 1. The first-order chi connectivity index (χ1) is 13.0. The van der Waals surface area contributed by atoms with Crippen LogP contribution in [0, 0.1) is 21.4 Å². The van der Waals surface area contributed by atoms with Crippen LogP contribution >= 0.6 is 0 Å². The van der Waals surface area contributed by atoms with E-state index in [1.54, 1.807) is 24.4 Å². The minimum atomic E-state index is -1.00. The van der Waals surface area contributed by atoms with Crippen molar-refractivity contribution in [2.24, 2.45) is 0 Å². The number of carboxylic acids is 1.